The molecule has 0 spiro atoms. The standard InChI is InChI=1S/C15H19NO4/c17-12(10-15(18)16-5-1-2-6-16)11-3-4-13-14(9-11)20-8-7-19-13/h3-4,9,12,17H,1-2,5-8,10H2. The number of benzene rings is 1. The molecule has 0 bridgehead atoms. The van der Waals surface area contributed by atoms with E-state index in [0.717, 1.165) is 25.9 Å². The zero-order valence-corrected chi connectivity index (χ0v) is 11.4. The molecule has 1 unspecified atom stereocenters. The third-order valence-electron chi connectivity index (χ3n) is 3.78. The fourth-order valence-electron chi connectivity index (χ4n) is 2.65. The quantitative estimate of drug-likeness (QED) is 0.909. The van der Waals surface area contributed by atoms with Crippen LogP contribution in [0.3, 0.4) is 0 Å². The maximum absolute atomic E-state index is 12.0. The van der Waals surface area contributed by atoms with Crippen molar-refractivity contribution in [3.05, 3.63) is 23.8 Å². The fraction of sp³-hybridized carbons (Fsp3) is 0.533. The molecule has 20 heavy (non-hydrogen) atoms. The molecule has 0 aromatic heterocycles. The van der Waals surface area contributed by atoms with E-state index >= 15 is 0 Å². The Morgan fingerprint density at radius 1 is 1.20 bits per heavy atom. The third kappa shape index (κ3) is 2.72. The second-order valence-electron chi connectivity index (χ2n) is 5.21. The van der Waals surface area contributed by atoms with Crippen LogP contribution >= 0.6 is 0 Å². The fourth-order valence-corrected chi connectivity index (χ4v) is 2.65. The summed E-state index contributed by atoms with van der Waals surface area (Å²) in [5, 5.41) is 10.2. The molecule has 2 aliphatic rings. The molecule has 108 valence electrons. The van der Waals surface area contributed by atoms with Crippen LogP contribution in [-0.2, 0) is 4.79 Å². The molecule has 5 heteroatoms. The molecule has 5 nitrogen and oxygen atoms in total. The van der Waals surface area contributed by atoms with Crippen molar-refractivity contribution in [3.63, 3.8) is 0 Å². The Morgan fingerprint density at radius 2 is 1.90 bits per heavy atom. The normalized spacial score (nSPS) is 18.9. The molecular formula is C15H19NO4. The summed E-state index contributed by atoms with van der Waals surface area (Å²) >= 11 is 0. The highest BCUT2D eigenvalue weighted by atomic mass is 16.6. The SMILES string of the molecule is O=C(CC(O)c1ccc2c(c1)OCCO2)N1CCCC1. The summed E-state index contributed by atoms with van der Waals surface area (Å²) in [5.74, 6) is 1.35. The molecular weight excluding hydrogens is 258 g/mol. The van der Waals surface area contributed by atoms with E-state index in [2.05, 4.69) is 0 Å². The van der Waals surface area contributed by atoms with E-state index in [-0.39, 0.29) is 12.3 Å². The monoisotopic (exact) mass is 277 g/mol. The lowest BCUT2D eigenvalue weighted by Crippen LogP contribution is -2.28. The average molecular weight is 277 g/mol. The average Bonchev–Trinajstić information content (AvgIpc) is 3.01. The van der Waals surface area contributed by atoms with E-state index in [0.29, 0.717) is 30.3 Å². The highest BCUT2D eigenvalue weighted by Gasteiger charge is 2.22. The van der Waals surface area contributed by atoms with Gasteiger partial charge in [0.2, 0.25) is 5.91 Å². The second kappa shape index (κ2) is 5.71. The molecule has 2 aliphatic heterocycles. The van der Waals surface area contributed by atoms with Crippen LogP contribution < -0.4 is 9.47 Å². The van der Waals surface area contributed by atoms with Gasteiger partial charge in [-0.15, -0.1) is 0 Å². The molecule has 1 N–H and O–H groups in total. The van der Waals surface area contributed by atoms with E-state index in [1.807, 2.05) is 4.90 Å². The summed E-state index contributed by atoms with van der Waals surface area (Å²) in [6, 6.07) is 5.33. The number of amides is 1. The molecule has 1 saturated heterocycles. The van der Waals surface area contributed by atoms with Gasteiger partial charge >= 0.3 is 0 Å². The van der Waals surface area contributed by atoms with Crippen molar-refractivity contribution >= 4 is 5.91 Å². The van der Waals surface area contributed by atoms with E-state index in [9.17, 15) is 9.90 Å². The number of nitrogens with zero attached hydrogens (tertiary/aromatic N) is 1. The number of likely N-dealkylation sites (tertiary alicyclic amines) is 1. The molecule has 1 aromatic rings. The minimum absolute atomic E-state index is 0.0184. The van der Waals surface area contributed by atoms with Gasteiger partial charge in [0.1, 0.15) is 13.2 Å². The lowest BCUT2D eigenvalue weighted by molar-refractivity contribution is -0.132. The van der Waals surface area contributed by atoms with Crippen LogP contribution in [0.25, 0.3) is 0 Å². The van der Waals surface area contributed by atoms with Gasteiger partial charge in [0.15, 0.2) is 11.5 Å². The number of aliphatic hydroxyl groups is 1. The van der Waals surface area contributed by atoms with E-state index in [1.54, 1.807) is 18.2 Å². The Bertz CT molecular complexity index is 497. The predicted octanol–water partition coefficient (Wildman–Crippen LogP) is 1.50. The van der Waals surface area contributed by atoms with Crippen LogP contribution in [0.1, 0.15) is 30.9 Å². The van der Waals surface area contributed by atoms with Crippen molar-refractivity contribution in [3.8, 4) is 11.5 Å². The Morgan fingerprint density at radius 3 is 2.65 bits per heavy atom. The highest BCUT2D eigenvalue weighted by molar-refractivity contribution is 5.77. The van der Waals surface area contributed by atoms with Crippen LogP contribution in [0.5, 0.6) is 11.5 Å². The zero-order chi connectivity index (χ0) is 13.9. The van der Waals surface area contributed by atoms with Gasteiger partial charge in [-0.1, -0.05) is 6.07 Å². The van der Waals surface area contributed by atoms with Crippen LogP contribution in [0.15, 0.2) is 18.2 Å². The topological polar surface area (TPSA) is 59.0 Å². The maximum Gasteiger partial charge on any atom is 0.225 e. The van der Waals surface area contributed by atoms with E-state index < -0.39 is 6.10 Å². The number of carbonyl (C=O) groups is 1. The Hall–Kier alpha value is -1.75. The minimum atomic E-state index is -0.793. The third-order valence-corrected chi connectivity index (χ3v) is 3.78. The molecule has 1 amide bonds. The number of hydrogen-bond donors (Lipinski definition) is 1. The van der Waals surface area contributed by atoms with Gasteiger partial charge in [-0.25, -0.2) is 0 Å². The molecule has 1 aromatic carbocycles. The summed E-state index contributed by atoms with van der Waals surface area (Å²) in [4.78, 5) is 13.8. The first-order chi connectivity index (χ1) is 9.74. The van der Waals surface area contributed by atoms with E-state index in [1.165, 1.54) is 0 Å². The number of rotatable bonds is 3. The number of fused-ring (bicyclic) bond motifs is 1. The minimum Gasteiger partial charge on any atom is -0.486 e. The number of aliphatic hydroxyl groups excluding tert-OH is 1. The van der Waals surface area contributed by atoms with Gasteiger partial charge < -0.3 is 19.5 Å². The second-order valence-corrected chi connectivity index (χ2v) is 5.21. The molecule has 0 saturated carbocycles. The predicted molar refractivity (Wildman–Crippen MR) is 72.8 cm³/mol. The lowest BCUT2D eigenvalue weighted by atomic mass is 10.1. The summed E-state index contributed by atoms with van der Waals surface area (Å²) in [7, 11) is 0. The van der Waals surface area contributed by atoms with E-state index in [4.69, 9.17) is 9.47 Å². The first kappa shape index (κ1) is 13.2. The van der Waals surface area contributed by atoms with Gasteiger partial charge in [-0.2, -0.15) is 0 Å². The molecule has 2 heterocycles. The molecule has 1 fully saturated rings. The Kier molecular flexibility index (Phi) is 3.78. The summed E-state index contributed by atoms with van der Waals surface area (Å²) in [5.41, 5.74) is 0.696. The van der Waals surface area contributed by atoms with Gasteiger partial charge in [0.25, 0.3) is 0 Å². The summed E-state index contributed by atoms with van der Waals surface area (Å²) < 4.78 is 10.9. The van der Waals surface area contributed by atoms with Crippen molar-refractivity contribution in [2.45, 2.75) is 25.4 Å². The molecule has 0 radical (unpaired) electrons. The highest BCUT2D eigenvalue weighted by Crippen LogP contribution is 2.33. The largest absolute Gasteiger partial charge is 0.486 e. The van der Waals surface area contributed by atoms with Crippen molar-refractivity contribution < 1.29 is 19.4 Å². The van der Waals surface area contributed by atoms with Crippen molar-refractivity contribution in [1.29, 1.82) is 0 Å². The van der Waals surface area contributed by atoms with Crippen LogP contribution in [0, 0.1) is 0 Å². The molecule has 1 atom stereocenters. The Labute approximate surface area is 118 Å². The number of hydrogen-bond acceptors (Lipinski definition) is 4. The number of carbonyl (C=O) groups excluding carboxylic acids is 1. The maximum atomic E-state index is 12.0. The van der Waals surface area contributed by atoms with Gasteiger partial charge in [0, 0.05) is 13.1 Å². The summed E-state index contributed by atoms with van der Waals surface area (Å²) in [6.45, 7) is 2.68. The van der Waals surface area contributed by atoms with Crippen LogP contribution in [0.2, 0.25) is 0 Å². The smallest absolute Gasteiger partial charge is 0.225 e. The number of ether oxygens (including phenoxy) is 2. The first-order valence-electron chi connectivity index (χ1n) is 7.09. The summed E-state index contributed by atoms with van der Waals surface area (Å²) in [6.07, 6.45) is 1.45. The zero-order valence-electron chi connectivity index (χ0n) is 11.4. The van der Waals surface area contributed by atoms with Gasteiger partial charge in [0.05, 0.1) is 12.5 Å². The van der Waals surface area contributed by atoms with Crippen molar-refractivity contribution in [2.24, 2.45) is 0 Å². The van der Waals surface area contributed by atoms with Crippen LogP contribution in [-0.4, -0.2) is 42.2 Å². The molecule has 3 rings (SSSR count). The van der Waals surface area contributed by atoms with Gasteiger partial charge in [-0.3, -0.25) is 4.79 Å². The lowest BCUT2D eigenvalue weighted by Gasteiger charge is -2.21. The Balaban J connectivity index is 1.67. The van der Waals surface area contributed by atoms with Crippen LogP contribution in [0.4, 0.5) is 0 Å². The molecule has 0 aliphatic carbocycles. The van der Waals surface area contributed by atoms with Gasteiger partial charge in [-0.05, 0) is 30.5 Å². The first-order valence-corrected chi connectivity index (χ1v) is 7.09. The van der Waals surface area contributed by atoms with Crippen molar-refractivity contribution in [1.82, 2.24) is 4.90 Å². The van der Waals surface area contributed by atoms with Crippen molar-refractivity contribution in [2.75, 3.05) is 26.3 Å².